The number of benzene rings is 2. The van der Waals surface area contributed by atoms with Crippen molar-refractivity contribution in [2.24, 2.45) is 5.73 Å². The lowest BCUT2D eigenvalue weighted by Gasteiger charge is -2.22. The second-order valence-electron chi connectivity index (χ2n) is 5.70. The van der Waals surface area contributed by atoms with Gasteiger partial charge in [-0.15, -0.1) is 0 Å². The summed E-state index contributed by atoms with van der Waals surface area (Å²) in [5, 5.41) is 10.7. The summed E-state index contributed by atoms with van der Waals surface area (Å²) in [5.74, 6) is -2.05. The van der Waals surface area contributed by atoms with Crippen LogP contribution in [0.5, 0.6) is 0 Å². The first-order valence-electron chi connectivity index (χ1n) is 8.14. The number of carbonyl (C=O) groups excluding carboxylic acids is 3. The minimum absolute atomic E-state index is 0.0232. The fourth-order valence-electron chi connectivity index (χ4n) is 2.36. The van der Waals surface area contributed by atoms with Gasteiger partial charge in [0.25, 0.3) is 11.6 Å². The van der Waals surface area contributed by atoms with E-state index in [0.29, 0.717) is 5.69 Å². The lowest BCUT2D eigenvalue weighted by molar-refractivity contribution is -0.384. The highest BCUT2D eigenvalue weighted by molar-refractivity contribution is 5.99. The maximum absolute atomic E-state index is 12.5. The predicted octanol–water partition coefficient (Wildman–Crippen LogP) is 1.24. The summed E-state index contributed by atoms with van der Waals surface area (Å²) in [7, 11) is 0. The molecule has 0 spiro atoms. The van der Waals surface area contributed by atoms with Crippen LogP contribution >= 0.6 is 0 Å². The number of ether oxygens (including phenoxy) is 1. The van der Waals surface area contributed by atoms with Gasteiger partial charge in [0, 0.05) is 30.8 Å². The topological polar surface area (TPSA) is 159 Å². The molecule has 0 aromatic heterocycles. The number of nitrogen functional groups attached to an aromatic ring is 1. The van der Waals surface area contributed by atoms with Crippen molar-refractivity contribution >= 4 is 34.8 Å². The average molecular weight is 386 g/mol. The Kier molecular flexibility index (Phi) is 6.63. The monoisotopic (exact) mass is 386 g/mol. The van der Waals surface area contributed by atoms with Crippen LogP contribution < -0.4 is 16.4 Å². The number of nitro benzene ring substituents is 1. The van der Waals surface area contributed by atoms with E-state index in [4.69, 9.17) is 16.2 Å². The van der Waals surface area contributed by atoms with Crippen LogP contribution in [-0.2, 0) is 14.3 Å². The lowest BCUT2D eigenvalue weighted by Crippen LogP contribution is -2.37. The number of nitrogens with two attached hydrogens (primary N) is 2. The maximum atomic E-state index is 12.5. The molecule has 10 nitrogen and oxygen atoms in total. The van der Waals surface area contributed by atoms with E-state index in [2.05, 4.69) is 0 Å². The van der Waals surface area contributed by atoms with Gasteiger partial charge < -0.3 is 21.1 Å². The Hall–Kier alpha value is -3.95. The van der Waals surface area contributed by atoms with Crippen LogP contribution in [0.4, 0.5) is 17.1 Å². The van der Waals surface area contributed by atoms with Crippen LogP contribution in [0.15, 0.2) is 48.5 Å². The molecule has 0 radical (unpaired) electrons. The number of nitrogens with zero attached hydrogens (tertiary/aromatic N) is 2. The average Bonchev–Trinajstić information content (AvgIpc) is 2.66. The Bertz CT molecular complexity index is 900. The molecule has 0 unspecified atom stereocenters. The van der Waals surface area contributed by atoms with Gasteiger partial charge in [-0.1, -0.05) is 18.2 Å². The van der Waals surface area contributed by atoms with Crippen LogP contribution in [0.3, 0.4) is 0 Å². The van der Waals surface area contributed by atoms with Gasteiger partial charge in [0.15, 0.2) is 6.61 Å². The summed E-state index contributed by atoms with van der Waals surface area (Å²) in [6.45, 7) is -0.585. The molecule has 0 saturated heterocycles. The number of rotatable bonds is 8. The summed E-state index contributed by atoms with van der Waals surface area (Å²) in [6.07, 6.45) is -0.0656. The maximum Gasteiger partial charge on any atom is 0.340 e. The van der Waals surface area contributed by atoms with Gasteiger partial charge in [-0.2, -0.15) is 0 Å². The van der Waals surface area contributed by atoms with Crippen molar-refractivity contribution in [3.8, 4) is 0 Å². The molecule has 0 aliphatic rings. The molecule has 28 heavy (non-hydrogen) atoms. The Balaban J connectivity index is 2.08. The molecular formula is C18H18N4O6. The van der Waals surface area contributed by atoms with Crippen molar-refractivity contribution < 1.29 is 24.0 Å². The molecule has 2 aromatic carbocycles. The van der Waals surface area contributed by atoms with Gasteiger partial charge in [0.05, 0.1) is 16.2 Å². The summed E-state index contributed by atoms with van der Waals surface area (Å²) >= 11 is 0. The number of para-hydroxylation sites is 1. The number of hydrogen-bond donors (Lipinski definition) is 2. The van der Waals surface area contributed by atoms with Gasteiger partial charge in [-0.25, -0.2) is 4.79 Å². The van der Waals surface area contributed by atoms with E-state index in [0.717, 1.165) is 18.2 Å². The van der Waals surface area contributed by atoms with Crippen molar-refractivity contribution in [3.63, 3.8) is 0 Å². The molecular weight excluding hydrogens is 368 g/mol. The van der Waals surface area contributed by atoms with Crippen LogP contribution in [0.2, 0.25) is 0 Å². The van der Waals surface area contributed by atoms with Gasteiger partial charge in [0.2, 0.25) is 5.91 Å². The standard InChI is InChI=1S/C18H18N4O6/c19-15-10-13(22(26)27)6-7-14(15)18(25)28-11-17(24)21(9-8-16(20)23)12-4-2-1-3-5-12/h1-7,10H,8-9,11,19H2,(H2,20,23). The molecule has 0 bridgehead atoms. The molecule has 4 N–H and O–H groups in total. The Morgan fingerprint density at radius 2 is 1.79 bits per heavy atom. The summed E-state index contributed by atoms with van der Waals surface area (Å²) in [5.41, 5.74) is 10.8. The fourth-order valence-corrected chi connectivity index (χ4v) is 2.36. The zero-order valence-electron chi connectivity index (χ0n) is 14.7. The van der Waals surface area contributed by atoms with Crippen molar-refractivity contribution in [2.75, 3.05) is 23.8 Å². The van der Waals surface area contributed by atoms with E-state index >= 15 is 0 Å². The molecule has 2 aromatic rings. The van der Waals surface area contributed by atoms with Crippen molar-refractivity contribution in [1.82, 2.24) is 0 Å². The number of hydrogen-bond acceptors (Lipinski definition) is 7. The van der Waals surface area contributed by atoms with Gasteiger partial charge in [-0.05, 0) is 18.2 Å². The molecule has 10 heteroatoms. The van der Waals surface area contributed by atoms with Crippen LogP contribution in [0.1, 0.15) is 16.8 Å². The Morgan fingerprint density at radius 3 is 2.36 bits per heavy atom. The molecule has 0 heterocycles. The third-order valence-electron chi connectivity index (χ3n) is 3.74. The third kappa shape index (κ3) is 5.27. The summed E-state index contributed by atoms with van der Waals surface area (Å²) in [4.78, 5) is 47.1. The van der Waals surface area contributed by atoms with Gasteiger partial charge in [-0.3, -0.25) is 19.7 Å². The predicted molar refractivity (Wildman–Crippen MR) is 100 cm³/mol. The van der Waals surface area contributed by atoms with E-state index < -0.39 is 29.3 Å². The highest BCUT2D eigenvalue weighted by atomic mass is 16.6. The van der Waals surface area contributed by atoms with E-state index in [1.54, 1.807) is 30.3 Å². The molecule has 0 saturated carbocycles. The minimum atomic E-state index is -0.899. The molecule has 2 rings (SSSR count). The minimum Gasteiger partial charge on any atom is -0.452 e. The van der Waals surface area contributed by atoms with E-state index in [1.807, 2.05) is 0 Å². The zero-order chi connectivity index (χ0) is 20.7. The molecule has 146 valence electrons. The fraction of sp³-hybridized carbons (Fsp3) is 0.167. The summed E-state index contributed by atoms with van der Waals surface area (Å²) < 4.78 is 4.98. The Labute approximate surface area is 159 Å². The molecule has 2 amide bonds. The number of nitro groups is 1. The number of anilines is 2. The number of esters is 1. The zero-order valence-corrected chi connectivity index (χ0v) is 14.7. The normalized spacial score (nSPS) is 10.1. The molecule has 0 aliphatic carbocycles. The lowest BCUT2D eigenvalue weighted by atomic mass is 10.1. The van der Waals surface area contributed by atoms with Crippen molar-refractivity contribution in [1.29, 1.82) is 0 Å². The molecule has 0 atom stereocenters. The van der Waals surface area contributed by atoms with Gasteiger partial charge >= 0.3 is 5.97 Å². The van der Waals surface area contributed by atoms with Crippen LogP contribution in [0, 0.1) is 10.1 Å². The number of carbonyl (C=O) groups is 3. The smallest absolute Gasteiger partial charge is 0.340 e. The van der Waals surface area contributed by atoms with E-state index in [1.165, 1.54) is 4.90 Å². The number of primary amides is 1. The first-order valence-corrected chi connectivity index (χ1v) is 8.14. The second-order valence-corrected chi connectivity index (χ2v) is 5.70. The molecule has 0 aliphatic heterocycles. The largest absolute Gasteiger partial charge is 0.452 e. The first kappa shape index (κ1) is 20.4. The van der Waals surface area contributed by atoms with Gasteiger partial charge in [0.1, 0.15) is 0 Å². The quantitative estimate of drug-likeness (QED) is 0.299. The number of non-ortho nitro benzene ring substituents is 1. The molecule has 0 fully saturated rings. The Morgan fingerprint density at radius 1 is 1.11 bits per heavy atom. The van der Waals surface area contributed by atoms with Crippen molar-refractivity contribution in [3.05, 3.63) is 64.2 Å². The first-order chi connectivity index (χ1) is 13.3. The van der Waals surface area contributed by atoms with E-state index in [-0.39, 0.29) is 29.9 Å². The van der Waals surface area contributed by atoms with Crippen LogP contribution in [0.25, 0.3) is 0 Å². The van der Waals surface area contributed by atoms with E-state index in [9.17, 15) is 24.5 Å². The van der Waals surface area contributed by atoms with Crippen molar-refractivity contribution in [2.45, 2.75) is 6.42 Å². The van der Waals surface area contributed by atoms with Crippen LogP contribution in [-0.4, -0.2) is 35.9 Å². The highest BCUT2D eigenvalue weighted by Gasteiger charge is 2.20. The third-order valence-corrected chi connectivity index (χ3v) is 3.74. The summed E-state index contributed by atoms with van der Waals surface area (Å²) in [6, 6.07) is 11.8. The number of amides is 2. The second kappa shape index (κ2) is 9.12. The SMILES string of the molecule is NC(=O)CCN(C(=O)COC(=O)c1ccc([N+](=O)[O-])cc1N)c1ccccc1. The highest BCUT2D eigenvalue weighted by Crippen LogP contribution is 2.21.